The zero-order valence-corrected chi connectivity index (χ0v) is 22.2. The van der Waals surface area contributed by atoms with Gasteiger partial charge in [-0.15, -0.1) is 0 Å². The van der Waals surface area contributed by atoms with Gasteiger partial charge in [-0.1, -0.05) is 78.9 Å². The minimum Gasteiger partial charge on any atom is -0.324 e. The Morgan fingerprint density at radius 1 is 0.914 bits per heavy atom. The molecule has 2 aromatic carbocycles. The van der Waals surface area contributed by atoms with E-state index in [9.17, 15) is 14.0 Å². The lowest BCUT2D eigenvalue weighted by Gasteiger charge is -2.31. The standard InChI is InChI=1S/C26H35NO6P2/c1-31-34(28,29)26(35(30,32-2)33-3)19-20-27-25-12-8-7-11-24(25)23-17-15-22(16-18-23)14-13-21-9-5-4-6-10-21/h4-10,13-18,24-27H,11-12,19-20H2,1-3H3,(H,28,29). The van der Waals surface area contributed by atoms with Crippen molar-refractivity contribution in [2.24, 2.45) is 0 Å². The van der Waals surface area contributed by atoms with Gasteiger partial charge in [0.25, 0.3) is 0 Å². The molecule has 0 radical (unpaired) electrons. The lowest BCUT2D eigenvalue weighted by atomic mass is 9.83. The van der Waals surface area contributed by atoms with Crippen LogP contribution in [0.5, 0.6) is 0 Å². The smallest absolute Gasteiger partial charge is 0.324 e. The molecule has 35 heavy (non-hydrogen) atoms. The number of hydrogen-bond donors (Lipinski definition) is 2. The van der Waals surface area contributed by atoms with E-state index in [2.05, 4.69) is 66.0 Å². The molecule has 4 unspecified atom stereocenters. The second kappa shape index (κ2) is 12.9. The Balaban J connectivity index is 1.66. The van der Waals surface area contributed by atoms with Crippen LogP contribution >= 0.6 is 15.2 Å². The first-order valence-electron chi connectivity index (χ1n) is 11.6. The molecule has 0 fully saturated rings. The van der Waals surface area contributed by atoms with E-state index in [1.54, 1.807) is 0 Å². The fourth-order valence-electron chi connectivity index (χ4n) is 4.36. The Kier molecular flexibility index (Phi) is 10.3. The van der Waals surface area contributed by atoms with Crippen molar-refractivity contribution in [3.05, 3.63) is 83.4 Å². The Morgan fingerprint density at radius 3 is 2.11 bits per heavy atom. The number of nitrogens with one attached hydrogen (secondary N) is 1. The van der Waals surface area contributed by atoms with Crippen LogP contribution in [-0.4, -0.2) is 44.2 Å². The summed E-state index contributed by atoms with van der Waals surface area (Å²) in [5.41, 5.74) is 3.51. The van der Waals surface area contributed by atoms with E-state index < -0.39 is 20.6 Å². The van der Waals surface area contributed by atoms with Crippen molar-refractivity contribution in [2.45, 2.75) is 36.6 Å². The maximum atomic E-state index is 12.9. The van der Waals surface area contributed by atoms with E-state index in [1.807, 2.05) is 18.2 Å². The molecule has 0 amide bonds. The number of hydrogen-bond acceptors (Lipinski definition) is 6. The predicted octanol–water partition coefficient (Wildman–Crippen LogP) is 6.28. The lowest BCUT2D eigenvalue weighted by Crippen LogP contribution is -2.37. The van der Waals surface area contributed by atoms with Gasteiger partial charge in [-0.3, -0.25) is 9.13 Å². The van der Waals surface area contributed by atoms with Crippen molar-refractivity contribution in [3.63, 3.8) is 0 Å². The van der Waals surface area contributed by atoms with Crippen molar-refractivity contribution < 1.29 is 27.6 Å². The third-order valence-electron chi connectivity index (χ3n) is 6.39. The average molecular weight is 520 g/mol. The highest BCUT2D eigenvalue weighted by Crippen LogP contribution is 2.68. The lowest BCUT2D eigenvalue weighted by molar-refractivity contribution is 0.256. The fourth-order valence-corrected chi connectivity index (χ4v) is 8.41. The molecule has 1 aliphatic carbocycles. The van der Waals surface area contributed by atoms with Crippen molar-refractivity contribution in [1.82, 2.24) is 5.32 Å². The Labute approximate surface area is 208 Å². The molecule has 3 rings (SSSR count). The molecule has 0 heterocycles. The van der Waals surface area contributed by atoms with Gasteiger partial charge in [0.1, 0.15) is 0 Å². The maximum absolute atomic E-state index is 12.9. The number of allylic oxidation sites excluding steroid dienone is 1. The molecule has 0 aromatic heterocycles. The molecule has 9 heteroatoms. The van der Waals surface area contributed by atoms with Gasteiger partial charge >= 0.3 is 15.2 Å². The summed E-state index contributed by atoms with van der Waals surface area (Å²) in [4.78, 5) is 10.2. The highest BCUT2D eigenvalue weighted by Gasteiger charge is 2.47. The van der Waals surface area contributed by atoms with E-state index in [1.165, 1.54) is 19.8 Å². The Hall–Kier alpha value is -1.82. The third kappa shape index (κ3) is 7.34. The first kappa shape index (κ1) is 27.8. The van der Waals surface area contributed by atoms with E-state index in [4.69, 9.17) is 13.6 Å². The van der Waals surface area contributed by atoms with Crippen molar-refractivity contribution in [2.75, 3.05) is 27.9 Å². The third-order valence-corrected chi connectivity index (χ3v) is 11.7. The average Bonchev–Trinajstić information content (AvgIpc) is 2.90. The summed E-state index contributed by atoms with van der Waals surface area (Å²) < 4.78 is 40.2. The van der Waals surface area contributed by atoms with E-state index >= 15 is 0 Å². The largest absolute Gasteiger partial charge is 0.345 e. The summed E-state index contributed by atoms with van der Waals surface area (Å²) in [5, 5.41) is 2.23. The van der Waals surface area contributed by atoms with Crippen molar-refractivity contribution in [3.8, 4) is 0 Å². The molecule has 0 spiro atoms. The summed E-state index contributed by atoms with van der Waals surface area (Å²) in [6, 6.07) is 18.9. The van der Waals surface area contributed by atoms with Crippen LogP contribution in [0.1, 0.15) is 41.9 Å². The van der Waals surface area contributed by atoms with E-state index in [0.717, 1.165) is 31.1 Å². The van der Waals surface area contributed by atoms with Gasteiger partial charge in [0.15, 0.2) is 5.40 Å². The zero-order chi connectivity index (χ0) is 25.3. The van der Waals surface area contributed by atoms with Gasteiger partial charge in [0.2, 0.25) is 0 Å². The van der Waals surface area contributed by atoms with Crippen LogP contribution in [0, 0.1) is 0 Å². The van der Waals surface area contributed by atoms with Gasteiger partial charge in [-0.2, -0.15) is 0 Å². The minimum absolute atomic E-state index is 0.108. The van der Waals surface area contributed by atoms with Gasteiger partial charge in [-0.05, 0) is 42.5 Å². The van der Waals surface area contributed by atoms with E-state index in [-0.39, 0.29) is 18.4 Å². The highest BCUT2D eigenvalue weighted by molar-refractivity contribution is 7.72. The molecule has 0 saturated carbocycles. The molecule has 2 aromatic rings. The zero-order valence-electron chi connectivity index (χ0n) is 20.4. The van der Waals surface area contributed by atoms with Crippen LogP contribution < -0.4 is 5.32 Å². The molecule has 7 nitrogen and oxygen atoms in total. The molecule has 0 bridgehead atoms. The maximum Gasteiger partial charge on any atom is 0.345 e. The summed E-state index contributed by atoms with van der Waals surface area (Å²) >= 11 is 0. The monoisotopic (exact) mass is 519 g/mol. The SMILES string of the molecule is COP(=O)(O)C(CCNC1CC=CCC1c1ccc(C=Cc2ccccc2)cc1)P(=O)(OC)OC. The number of rotatable bonds is 12. The fraction of sp³-hybridized carbons (Fsp3) is 0.385. The van der Waals surface area contributed by atoms with Crippen molar-refractivity contribution >= 4 is 27.3 Å². The minimum atomic E-state index is -4.19. The second-order valence-electron chi connectivity index (χ2n) is 8.44. The molecule has 1 aliphatic rings. The van der Waals surface area contributed by atoms with Crippen LogP contribution in [0.3, 0.4) is 0 Å². The first-order valence-corrected chi connectivity index (χ1v) is 14.9. The van der Waals surface area contributed by atoms with Crippen LogP contribution in [0.15, 0.2) is 66.7 Å². The first-order chi connectivity index (χ1) is 16.8. The van der Waals surface area contributed by atoms with Gasteiger partial charge in [0, 0.05) is 33.3 Å². The normalized spacial score (nSPS) is 21.1. The topological polar surface area (TPSA) is 94.1 Å². The van der Waals surface area contributed by atoms with Crippen LogP contribution in [0.25, 0.3) is 12.2 Å². The summed E-state index contributed by atoms with van der Waals surface area (Å²) in [6.45, 7) is 0.363. The van der Waals surface area contributed by atoms with Gasteiger partial charge in [0.05, 0.1) is 0 Å². The summed E-state index contributed by atoms with van der Waals surface area (Å²) in [6.07, 6.45) is 10.4. The highest BCUT2D eigenvalue weighted by atomic mass is 31.2. The predicted molar refractivity (Wildman–Crippen MR) is 142 cm³/mol. The Bertz CT molecular complexity index is 1080. The van der Waals surface area contributed by atoms with Crippen LogP contribution in [0.2, 0.25) is 0 Å². The van der Waals surface area contributed by atoms with Crippen LogP contribution in [0.4, 0.5) is 0 Å². The summed E-state index contributed by atoms with van der Waals surface area (Å²) in [5.74, 6) is 0.255. The molecule has 190 valence electrons. The van der Waals surface area contributed by atoms with Crippen molar-refractivity contribution in [1.29, 1.82) is 0 Å². The van der Waals surface area contributed by atoms with E-state index in [0.29, 0.717) is 6.54 Å². The van der Waals surface area contributed by atoms with Crippen LogP contribution in [-0.2, 0) is 22.7 Å². The molecule has 2 N–H and O–H groups in total. The second-order valence-corrected chi connectivity index (χ2v) is 13.4. The number of benzene rings is 2. The quantitative estimate of drug-likeness (QED) is 0.194. The molecular formula is C26H35NO6P2. The molecule has 0 saturated heterocycles. The summed E-state index contributed by atoms with van der Waals surface area (Å²) in [7, 11) is -4.45. The van der Waals surface area contributed by atoms with Gasteiger partial charge < -0.3 is 23.8 Å². The van der Waals surface area contributed by atoms with Gasteiger partial charge in [-0.25, -0.2) is 0 Å². The molecular weight excluding hydrogens is 484 g/mol. The molecule has 4 atom stereocenters. The Morgan fingerprint density at radius 2 is 1.51 bits per heavy atom. The molecule has 0 aliphatic heterocycles.